The van der Waals surface area contributed by atoms with E-state index in [1.807, 2.05) is 6.07 Å². The highest BCUT2D eigenvalue weighted by atomic mass is 16.5. The maximum Gasteiger partial charge on any atom is 0.119 e. The van der Waals surface area contributed by atoms with E-state index in [9.17, 15) is 5.11 Å². The summed E-state index contributed by atoms with van der Waals surface area (Å²) in [5.74, 6) is 3.56. The van der Waals surface area contributed by atoms with Gasteiger partial charge in [0.15, 0.2) is 0 Å². The van der Waals surface area contributed by atoms with Gasteiger partial charge in [0.2, 0.25) is 0 Å². The molecule has 1 saturated carbocycles. The molecule has 132 valence electrons. The molecule has 2 aromatic carbocycles. The lowest BCUT2D eigenvalue weighted by Crippen LogP contribution is -2.26. The molecule has 2 aliphatic rings. The monoisotopic (exact) mass is 338 g/mol. The van der Waals surface area contributed by atoms with E-state index in [2.05, 4.69) is 30.3 Å². The van der Waals surface area contributed by atoms with Crippen LogP contribution in [0.1, 0.15) is 53.4 Å². The van der Waals surface area contributed by atoms with Crippen LogP contribution < -0.4 is 9.47 Å². The Morgan fingerprint density at radius 2 is 1.72 bits per heavy atom. The number of aliphatic hydroxyl groups is 1. The Bertz CT molecular complexity index is 751. The van der Waals surface area contributed by atoms with Gasteiger partial charge in [-0.3, -0.25) is 0 Å². The van der Waals surface area contributed by atoms with Crippen LogP contribution in [0.3, 0.4) is 0 Å². The van der Waals surface area contributed by atoms with Gasteiger partial charge in [0.05, 0.1) is 20.8 Å². The summed E-state index contributed by atoms with van der Waals surface area (Å²) < 4.78 is 10.8. The number of aliphatic hydroxyl groups excluding tert-OH is 1. The normalized spacial score (nSPS) is 24.5. The molecule has 0 radical (unpaired) electrons. The minimum Gasteiger partial charge on any atom is -0.497 e. The van der Waals surface area contributed by atoms with Crippen molar-refractivity contribution in [1.29, 1.82) is 0 Å². The molecule has 4 rings (SSSR count). The predicted octanol–water partition coefficient (Wildman–Crippen LogP) is 4.42. The van der Waals surface area contributed by atoms with Gasteiger partial charge in [0.1, 0.15) is 11.5 Å². The van der Waals surface area contributed by atoms with Gasteiger partial charge in [-0.2, -0.15) is 0 Å². The van der Waals surface area contributed by atoms with Gasteiger partial charge in [-0.05, 0) is 83.5 Å². The molecule has 1 fully saturated rings. The average Bonchev–Trinajstić information content (AvgIpc) is 3.16. The number of hydrogen-bond donors (Lipinski definition) is 1. The quantitative estimate of drug-likeness (QED) is 0.897. The van der Waals surface area contributed by atoms with Gasteiger partial charge in [0.25, 0.3) is 0 Å². The summed E-state index contributed by atoms with van der Waals surface area (Å²) in [5.41, 5.74) is 5.17. The van der Waals surface area contributed by atoms with Crippen LogP contribution in [0.5, 0.6) is 11.5 Å². The lowest BCUT2D eigenvalue weighted by Gasteiger charge is -2.37. The molecule has 2 aromatic rings. The zero-order chi connectivity index (χ0) is 17.4. The Morgan fingerprint density at radius 3 is 2.40 bits per heavy atom. The number of benzene rings is 2. The number of fused-ring (bicyclic) bond motifs is 3. The highest BCUT2D eigenvalue weighted by Crippen LogP contribution is 2.54. The van der Waals surface area contributed by atoms with E-state index < -0.39 is 0 Å². The predicted molar refractivity (Wildman–Crippen MR) is 98.4 cm³/mol. The lowest BCUT2D eigenvalue weighted by molar-refractivity contribution is 0.276. The van der Waals surface area contributed by atoms with E-state index >= 15 is 0 Å². The molecule has 0 saturated heterocycles. The first-order valence-corrected chi connectivity index (χ1v) is 9.19. The van der Waals surface area contributed by atoms with Crippen LogP contribution in [0.25, 0.3) is 0 Å². The summed E-state index contributed by atoms with van der Waals surface area (Å²) in [6, 6.07) is 12.8. The highest BCUT2D eigenvalue weighted by molar-refractivity contribution is 5.48. The molecule has 0 bridgehead atoms. The molecule has 3 atom stereocenters. The van der Waals surface area contributed by atoms with Crippen molar-refractivity contribution in [2.45, 2.75) is 44.1 Å². The Morgan fingerprint density at radius 1 is 0.960 bits per heavy atom. The van der Waals surface area contributed by atoms with Gasteiger partial charge in [-0.15, -0.1) is 0 Å². The molecule has 25 heavy (non-hydrogen) atoms. The van der Waals surface area contributed by atoms with E-state index in [1.54, 1.807) is 14.2 Å². The van der Waals surface area contributed by atoms with E-state index in [0.29, 0.717) is 17.8 Å². The standard InChI is InChI=1S/C22H26O3/c1-24-16-8-6-14(7-9-16)20-12-21-15(13-23)10-17(25-2)11-22(21)19-5-3-4-18(19)20/h6-11,18-20,23H,3-5,12-13H2,1-2H3/t18-,19+,20-/m0/s1. The summed E-state index contributed by atoms with van der Waals surface area (Å²) in [6.45, 7) is 0.0756. The van der Waals surface area contributed by atoms with Gasteiger partial charge in [-0.25, -0.2) is 0 Å². The third-order valence-corrected chi connectivity index (χ3v) is 6.21. The second-order valence-corrected chi connectivity index (χ2v) is 7.30. The maximum absolute atomic E-state index is 9.91. The summed E-state index contributed by atoms with van der Waals surface area (Å²) in [4.78, 5) is 0. The highest BCUT2D eigenvalue weighted by Gasteiger charge is 2.41. The number of hydrogen-bond acceptors (Lipinski definition) is 3. The molecule has 1 N–H and O–H groups in total. The van der Waals surface area contributed by atoms with Crippen molar-refractivity contribution in [3.63, 3.8) is 0 Å². The molecule has 0 aromatic heterocycles. The number of ether oxygens (including phenoxy) is 2. The first kappa shape index (κ1) is 16.5. The van der Waals surface area contributed by atoms with Crippen LogP contribution in [0.4, 0.5) is 0 Å². The molecule has 0 heterocycles. The van der Waals surface area contributed by atoms with Crippen LogP contribution in [-0.2, 0) is 13.0 Å². The zero-order valence-corrected chi connectivity index (χ0v) is 15.0. The van der Waals surface area contributed by atoms with Crippen LogP contribution in [0.2, 0.25) is 0 Å². The van der Waals surface area contributed by atoms with Crippen molar-refractivity contribution in [2.24, 2.45) is 5.92 Å². The van der Waals surface area contributed by atoms with Gasteiger partial charge < -0.3 is 14.6 Å². The summed E-state index contributed by atoms with van der Waals surface area (Å²) in [5, 5.41) is 9.91. The van der Waals surface area contributed by atoms with E-state index in [-0.39, 0.29) is 6.61 Å². The Kier molecular flexibility index (Phi) is 4.43. The first-order chi connectivity index (χ1) is 12.2. The van der Waals surface area contributed by atoms with Crippen molar-refractivity contribution < 1.29 is 14.6 Å². The molecule has 3 nitrogen and oxygen atoms in total. The van der Waals surface area contributed by atoms with Crippen LogP contribution in [0, 0.1) is 5.92 Å². The van der Waals surface area contributed by atoms with Crippen LogP contribution >= 0.6 is 0 Å². The second kappa shape index (κ2) is 6.72. The lowest BCUT2D eigenvalue weighted by atomic mass is 9.67. The fourth-order valence-corrected chi connectivity index (χ4v) is 5.01. The first-order valence-electron chi connectivity index (χ1n) is 9.19. The van der Waals surface area contributed by atoms with Crippen LogP contribution in [0.15, 0.2) is 36.4 Å². The molecule has 2 aliphatic carbocycles. The van der Waals surface area contributed by atoms with Gasteiger partial charge in [-0.1, -0.05) is 18.6 Å². The largest absolute Gasteiger partial charge is 0.497 e. The van der Waals surface area contributed by atoms with Crippen molar-refractivity contribution in [3.05, 3.63) is 58.7 Å². The number of methoxy groups -OCH3 is 2. The molecule has 0 spiro atoms. The van der Waals surface area contributed by atoms with Crippen molar-refractivity contribution in [3.8, 4) is 11.5 Å². The molecular formula is C22H26O3. The smallest absolute Gasteiger partial charge is 0.119 e. The second-order valence-electron chi connectivity index (χ2n) is 7.30. The third kappa shape index (κ3) is 2.81. The fraction of sp³-hybridized carbons (Fsp3) is 0.455. The zero-order valence-electron chi connectivity index (χ0n) is 15.0. The Balaban J connectivity index is 1.77. The average molecular weight is 338 g/mol. The summed E-state index contributed by atoms with van der Waals surface area (Å²) in [6.07, 6.45) is 4.81. The fourth-order valence-electron chi connectivity index (χ4n) is 5.01. The maximum atomic E-state index is 9.91. The SMILES string of the molecule is COc1ccc([C@@H]2Cc3c(CO)cc(OC)cc3[C@@H]3CCC[C@H]23)cc1. The third-order valence-electron chi connectivity index (χ3n) is 6.21. The van der Waals surface area contributed by atoms with Crippen molar-refractivity contribution in [1.82, 2.24) is 0 Å². The van der Waals surface area contributed by atoms with Gasteiger partial charge in [0, 0.05) is 0 Å². The van der Waals surface area contributed by atoms with Gasteiger partial charge >= 0.3 is 0 Å². The molecule has 3 heteroatoms. The minimum absolute atomic E-state index is 0.0756. The topological polar surface area (TPSA) is 38.7 Å². The molecular weight excluding hydrogens is 312 g/mol. The summed E-state index contributed by atoms with van der Waals surface area (Å²) >= 11 is 0. The van der Waals surface area contributed by atoms with Crippen molar-refractivity contribution in [2.75, 3.05) is 14.2 Å². The molecule has 0 amide bonds. The van der Waals surface area contributed by atoms with E-state index in [0.717, 1.165) is 23.5 Å². The van der Waals surface area contributed by atoms with E-state index in [1.165, 1.54) is 36.0 Å². The Hall–Kier alpha value is -2.00. The molecule has 0 aliphatic heterocycles. The van der Waals surface area contributed by atoms with Crippen LogP contribution in [-0.4, -0.2) is 19.3 Å². The molecule has 0 unspecified atom stereocenters. The van der Waals surface area contributed by atoms with E-state index in [4.69, 9.17) is 9.47 Å². The minimum atomic E-state index is 0.0756. The Labute approximate surface area is 149 Å². The summed E-state index contributed by atoms with van der Waals surface area (Å²) in [7, 11) is 3.41. The van der Waals surface area contributed by atoms with Crippen molar-refractivity contribution >= 4 is 0 Å². The number of rotatable bonds is 4.